The monoisotopic (exact) mass is 258 g/mol. The summed E-state index contributed by atoms with van der Waals surface area (Å²) in [5.74, 6) is 0. The van der Waals surface area contributed by atoms with Crippen LogP contribution >= 0.6 is 0 Å². The molecule has 0 amide bonds. The molecule has 0 spiro atoms. The van der Waals surface area contributed by atoms with E-state index >= 15 is 0 Å². The molecule has 4 aliphatic heterocycles. The molecule has 4 aliphatic rings. The molecule has 0 radical (unpaired) electrons. The van der Waals surface area contributed by atoms with Gasteiger partial charge in [-0.25, -0.2) is 0 Å². The van der Waals surface area contributed by atoms with Crippen molar-refractivity contribution < 1.29 is 0 Å². The molecule has 5 rings (SSSR count). The largest absolute Gasteiger partial charge is 0.399 e. The van der Waals surface area contributed by atoms with Gasteiger partial charge in [-0.15, -0.1) is 0 Å². The topological polar surface area (TPSA) is 35.7 Å². The van der Waals surface area contributed by atoms with Gasteiger partial charge in [0.05, 0.1) is 0 Å². The van der Waals surface area contributed by atoms with Gasteiger partial charge in [0.2, 0.25) is 0 Å². The van der Waals surface area contributed by atoms with E-state index in [0.29, 0.717) is 0 Å². The summed E-state index contributed by atoms with van der Waals surface area (Å²) < 4.78 is 0. The van der Waals surface area contributed by atoms with Crippen LogP contribution in [0, 0.1) is 0 Å². The zero-order chi connectivity index (χ0) is 13.0. The number of likely N-dealkylation sites (N-methyl/N-ethyl adjacent to an activating group) is 1. The van der Waals surface area contributed by atoms with Gasteiger partial charge in [-0.05, 0) is 37.7 Å². The van der Waals surface area contributed by atoms with Gasteiger partial charge >= 0.3 is 0 Å². The second kappa shape index (κ2) is 4.12. The third-order valence-corrected chi connectivity index (χ3v) is 4.97. The molecule has 4 heterocycles. The summed E-state index contributed by atoms with van der Waals surface area (Å²) in [5, 5.41) is 0. The van der Waals surface area contributed by atoms with Crippen molar-refractivity contribution in [1.29, 1.82) is 0 Å². The Balaban J connectivity index is 1.43. The van der Waals surface area contributed by atoms with Crippen LogP contribution in [0.1, 0.15) is 6.42 Å². The van der Waals surface area contributed by atoms with Crippen LogP contribution in [0.2, 0.25) is 0 Å². The summed E-state index contributed by atoms with van der Waals surface area (Å²) in [5.41, 5.74) is 7.94. The van der Waals surface area contributed by atoms with E-state index in [1.165, 1.54) is 38.3 Å². The molecule has 2 N–H and O–H groups in total. The van der Waals surface area contributed by atoms with Crippen molar-refractivity contribution in [3.63, 3.8) is 0 Å². The van der Waals surface area contributed by atoms with Crippen LogP contribution in [0.5, 0.6) is 0 Å². The first-order valence-corrected chi connectivity index (χ1v) is 7.27. The van der Waals surface area contributed by atoms with Crippen LogP contribution in [-0.4, -0.2) is 61.2 Å². The Morgan fingerprint density at radius 2 is 1.58 bits per heavy atom. The molecule has 0 saturated carbocycles. The number of likely N-dealkylation sites (tertiary alicyclic amines) is 1. The van der Waals surface area contributed by atoms with Crippen LogP contribution < -0.4 is 10.6 Å². The molecule has 0 aromatic heterocycles. The number of piperidine rings is 1. The minimum absolute atomic E-state index is 0.773. The Labute approximate surface area is 114 Å². The average molecular weight is 258 g/mol. The fourth-order valence-corrected chi connectivity index (χ4v) is 3.99. The Morgan fingerprint density at radius 3 is 2.16 bits per heavy atom. The maximum Gasteiger partial charge on any atom is 0.0368 e. The third kappa shape index (κ3) is 1.82. The van der Waals surface area contributed by atoms with Gasteiger partial charge in [-0.1, -0.05) is 0 Å². The molecular formula is C15H22N4. The average Bonchev–Trinajstić information content (AvgIpc) is 2.38. The number of nitrogen functional groups attached to an aromatic ring is 1. The molecule has 2 unspecified atom stereocenters. The summed E-state index contributed by atoms with van der Waals surface area (Å²) in [6.45, 7) is 4.88. The molecule has 1 aromatic carbocycles. The molecular weight excluding hydrogens is 236 g/mol. The number of nitrogens with zero attached hydrogens (tertiary/aromatic N) is 3. The number of hydrogen-bond acceptors (Lipinski definition) is 4. The quantitative estimate of drug-likeness (QED) is 0.798. The van der Waals surface area contributed by atoms with Gasteiger partial charge in [0.25, 0.3) is 0 Å². The molecule has 4 saturated heterocycles. The SMILES string of the molecule is CN1CC(N2C3CC2CN(c2ccc(N)cc2)C3)C1. The molecule has 0 aliphatic carbocycles. The van der Waals surface area contributed by atoms with Crippen LogP contribution in [0.25, 0.3) is 0 Å². The van der Waals surface area contributed by atoms with E-state index in [1.54, 1.807) is 0 Å². The lowest BCUT2D eigenvalue weighted by molar-refractivity contribution is -0.0853. The number of anilines is 2. The minimum atomic E-state index is 0.773. The smallest absolute Gasteiger partial charge is 0.0368 e. The van der Waals surface area contributed by atoms with Crippen LogP contribution in [-0.2, 0) is 0 Å². The highest BCUT2D eigenvalue weighted by Gasteiger charge is 2.49. The lowest BCUT2D eigenvalue weighted by Crippen LogP contribution is -2.76. The predicted molar refractivity (Wildman–Crippen MR) is 78.4 cm³/mol. The highest BCUT2D eigenvalue weighted by molar-refractivity contribution is 5.54. The standard InChI is InChI=1S/C15H22N4/c1-17-7-15(8-17)19-13-6-14(19)10-18(9-13)12-4-2-11(16)3-5-12/h2-5,13-15H,6-10,16H2,1H3. The van der Waals surface area contributed by atoms with Gasteiger partial charge in [-0.2, -0.15) is 0 Å². The van der Waals surface area contributed by atoms with E-state index in [1.807, 2.05) is 12.1 Å². The molecule has 4 fully saturated rings. The van der Waals surface area contributed by atoms with E-state index in [4.69, 9.17) is 5.73 Å². The first-order chi connectivity index (χ1) is 9.20. The predicted octanol–water partition coefficient (Wildman–Crippen LogP) is 0.846. The van der Waals surface area contributed by atoms with E-state index in [0.717, 1.165) is 23.8 Å². The van der Waals surface area contributed by atoms with E-state index in [-0.39, 0.29) is 0 Å². The lowest BCUT2D eigenvalue weighted by Gasteiger charge is -2.62. The van der Waals surface area contributed by atoms with Gasteiger partial charge in [-0.3, -0.25) is 4.90 Å². The van der Waals surface area contributed by atoms with Crippen LogP contribution in [0.15, 0.2) is 24.3 Å². The third-order valence-electron chi connectivity index (χ3n) is 4.97. The second-order valence-corrected chi connectivity index (χ2v) is 6.36. The Bertz CT molecular complexity index is 454. The zero-order valence-electron chi connectivity index (χ0n) is 11.5. The maximum absolute atomic E-state index is 5.76. The molecule has 4 heteroatoms. The summed E-state index contributed by atoms with van der Waals surface area (Å²) in [6, 6.07) is 10.7. The maximum atomic E-state index is 5.76. The normalized spacial score (nSPS) is 31.9. The fourth-order valence-electron chi connectivity index (χ4n) is 3.99. The summed E-state index contributed by atoms with van der Waals surface area (Å²) in [7, 11) is 2.22. The highest BCUT2D eigenvalue weighted by Crippen LogP contribution is 2.38. The molecule has 102 valence electrons. The fraction of sp³-hybridized carbons (Fsp3) is 0.600. The number of rotatable bonds is 2. The zero-order valence-corrected chi connectivity index (χ0v) is 11.5. The van der Waals surface area contributed by atoms with Gasteiger partial charge in [0.15, 0.2) is 0 Å². The van der Waals surface area contributed by atoms with Crippen molar-refractivity contribution >= 4 is 11.4 Å². The van der Waals surface area contributed by atoms with Crippen molar-refractivity contribution in [2.45, 2.75) is 24.5 Å². The molecule has 4 nitrogen and oxygen atoms in total. The molecule has 1 aromatic rings. The van der Waals surface area contributed by atoms with Crippen molar-refractivity contribution in [2.24, 2.45) is 0 Å². The second-order valence-electron chi connectivity index (χ2n) is 6.36. The number of hydrogen-bond donors (Lipinski definition) is 1. The summed E-state index contributed by atoms with van der Waals surface area (Å²) >= 11 is 0. The van der Waals surface area contributed by atoms with Crippen molar-refractivity contribution in [3.8, 4) is 0 Å². The van der Waals surface area contributed by atoms with Crippen molar-refractivity contribution in [2.75, 3.05) is 43.9 Å². The summed E-state index contributed by atoms with van der Waals surface area (Å²) in [4.78, 5) is 7.71. The number of piperazine rings is 1. The number of benzene rings is 1. The lowest BCUT2D eigenvalue weighted by atomic mass is 9.83. The van der Waals surface area contributed by atoms with Gasteiger partial charge < -0.3 is 15.5 Å². The van der Waals surface area contributed by atoms with Gasteiger partial charge in [0.1, 0.15) is 0 Å². The first-order valence-electron chi connectivity index (χ1n) is 7.27. The van der Waals surface area contributed by atoms with Crippen molar-refractivity contribution in [1.82, 2.24) is 9.80 Å². The molecule has 19 heavy (non-hydrogen) atoms. The van der Waals surface area contributed by atoms with Crippen LogP contribution in [0.3, 0.4) is 0 Å². The minimum Gasteiger partial charge on any atom is -0.399 e. The Hall–Kier alpha value is -1.26. The Kier molecular flexibility index (Phi) is 2.50. The van der Waals surface area contributed by atoms with Gasteiger partial charge in [0, 0.05) is 55.7 Å². The highest BCUT2D eigenvalue weighted by atomic mass is 15.4. The van der Waals surface area contributed by atoms with E-state index < -0.39 is 0 Å². The first kappa shape index (κ1) is 11.6. The Morgan fingerprint density at radius 1 is 0.947 bits per heavy atom. The summed E-state index contributed by atoms with van der Waals surface area (Å²) in [6.07, 6.45) is 1.39. The van der Waals surface area contributed by atoms with E-state index in [9.17, 15) is 0 Å². The number of fused-ring (bicyclic) bond motifs is 2. The molecule has 2 atom stereocenters. The molecule has 2 bridgehead atoms. The van der Waals surface area contributed by atoms with E-state index in [2.05, 4.69) is 33.9 Å². The van der Waals surface area contributed by atoms with Crippen molar-refractivity contribution in [3.05, 3.63) is 24.3 Å². The van der Waals surface area contributed by atoms with Crippen LogP contribution in [0.4, 0.5) is 11.4 Å². The number of nitrogens with two attached hydrogens (primary N) is 1.